The zero-order valence-corrected chi connectivity index (χ0v) is 8.15. The topological polar surface area (TPSA) is 51.7 Å². The van der Waals surface area contributed by atoms with Crippen LogP contribution in [0.2, 0.25) is 0 Å². The third kappa shape index (κ3) is 2.42. The SMILES string of the molecule is CC.CNc1[nH]ccc1C(C)=N. The van der Waals surface area contributed by atoms with Crippen LogP contribution in [0.4, 0.5) is 5.82 Å². The van der Waals surface area contributed by atoms with Gasteiger partial charge in [-0.05, 0) is 13.0 Å². The fourth-order valence-corrected chi connectivity index (χ4v) is 0.889. The summed E-state index contributed by atoms with van der Waals surface area (Å²) < 4.78 is 0. The van der Waals surface area contributed by atoms with Crippen molar-refractivity contribution in [1.82, 2.24) is 4.98 Å². The van der Waals surface area contributed by atoms with E-state index in [2.05, 4.69) is 10.3 Å². The van der Waals surface area contributed by atoms with Crippen LogP contribution in [0.25, 0.3) is 0 Å². The van der Waals surface area contributed by atoms with Crippen LogP contribution in [-0.2, 0) is 0 Å². The molecule has 0 saturated carbocycles. The van der Waals surface area contributed by atoms with Crippen molar-refractivity contribution in [3.8, 4) is 0 Å². The van der Waals surface area contributed by atoms with E-state index in [1.54, 1.807) is 6.92 Å². The van der Waals surface area contributed by atoms with Crippen molar-refractivity contribution < 1.29 is 0 Å². The molecule has 0 aliphatic heterocycles. The van der Waals surface area contributed by atoms with Gasteiger partial charge in [-0.15, -0.1) is 0 Å². The molecular weight excluding hydrogens is 150 g/mol. The molecule has 1 aromatic rings. The Balaban J connectivity index is 0.000000561. The molecule has 68 valence electrons. The highest BCUT2D eigenvalue weighted by molar-refractivity contribution is 6.00. The molecule has 0 unspecified atom stereocenters. The molecule has 0 aliphatic carbocycles. The molecule has 0 bridgehead atoms. The normalized spacial score (nSPS) is 8.33. The molecule has 1 heterocycles. The molecule has 0 atom stereocenters. The van der Waals surface area contributed by atoms with Gasteiger partial charge in [0.15, 0.2) is 0 Å². The highest BCUT2D eigenvalue weighted by Gasteiger charge is 2.01. The van der Waals surface area contributed by atoms with Crippen molar-refractivity contribution >= 4 is 11.5 Å². The molecule has 0 amide bonds. The molecule has 12 heavy (non-hydrogen) atoms. The monoisotopic (exact) mass is 167 g/mol. The third-order valence-corrected chi connectivity index (χ3v) is 1.40. The zero-order valence-electron chi connectivity index (χ0n) is 8.15. The minimum Gasteiger partial charge on any atom is -0.374 e. The Hall–Kier alpha value is -1.25. The minimum atomic E-state index is 0.575. The van der Waals surface area contributed by atoms with Crippen molar-refractivity contribution in [3.63, 3.8) is 0 Å². The lowest BCUT2D eigenvalue weighted by molar-refractivity contribution is 1.34. The molecule has 0 saturated heterocycles. The van der Waals surface area contributed by atoms with Crippen molar-refractivity contribution in [2.75, 3.05) is 12.4 Å². The van der Waals surface area contributed by atoms with E-state index in [-0.39, 0.29) is 0 Å². The summed E-state index contributed by atoms with van der Waals surface area (Å²) in [6.45, 7) is 5.77. The second-order valence-electron chi connectivity index (χ2n) is 2.14. The van der Waals surface area contributed by atoms with Gasteiger partial charge < -0.3 is 15.7 Å². The molecule has 0 aromatic carbocycles. The van der Waals surface area contributed by atoms with Crippen molar-refractivity contribution in [1.29, 1.82) is 5.41 Å². The summed E-state index contributed by atoms with van der Waals surface area (Å²) in [5.74, 6) is 0.910. The van der Waals surface area contributed by atoms with E-state index < -0.39 is 0 Å². The standard InChI is InChI=1S/C7H11N3.C2H6/c1-5(8)6-3-4-10-7(6)9-2;1-2/h3-4,8-10H,1-2H3;1-2H3. The highest BCUT2D eigenvalue weighted by Crippen LogP contribution is 2.11. The summed E-state index contributed by atoms with van der Waals surface area (Å²) in [4.78, 5) is 2.98. The molecule has 1 aromatic heterocycles. The Kier molecular flexibility index (Phi) is 4.84. The number of aromatic nitrogens is 1. The van der Waals surface area contributed by atoms with E-state index in [0.29, 0.717) is 5.71 Å². The molecule has 3 heteroatoms. The lowest BCUT2D eigenvalue weighted by Gasteiger charge is -1.98. The van der Waals surface area contributed by atoms with Gasteiger partial charge in [0, 0.05) is 24.5 Å². The van der Waals surface area contributed by atoms with Gasteiger partial charge in [-0.3, -0.25) is 0 Å². The summed E-state index contributed by atoms with van der Waals surface area (Å²) in [6, 6.07) is 1.88. The largest absolute Gasteiger partial charge is 0.374 e. The second-order valence-corrected chi connectivity index (χ2v) is 2.14. The van der Waals surface area contributed by atoms with Gasteiger partial charge in [-0.25, -0.2) is 0 Å². The number of aromatic amines is 1. The molecule has 1 rings (SSSR count). The first-order valence-electron chi connectivity index (χ1n) is 4.16. The maximum Gasteiger partial charge on any atom is 0.112 e. The minimum absolute atomic E-state index is 0.575. The van der Waals surface area contributed by atoms with Gasteiger partial charge in [0.25, 0.3) is 0 Å². The Morgan fingerprint density at radius 1 is 1.50 bits per heavy atom. The fraction of sp³-hybridized carbons (Fsp3) is 0.444. The predicted octanol–water partition coefficient (Wildman–Crippen LogP) is 2.47. The average molecular weight is 167 g/mol. The van der Waals surface area contributed by atoms with Crippen LogP contribution >= 0.6 is 0 Å². The summed E-state index contributed by atoms with van der Waals surface area (Å²) in [7, 11) is 1.83. The fourth-order valence-electron chi connectivity index (χ4n) is 0.889. The highest BCUT2D eigenvalue weighted by atomic mass is 15.0. The van der Waals surface area contributed by atoms with Gasteiger partial charge in [0.2, 0.25) is 0 Å². The van der Waals surface area contributed by atoms with Crippen LogP contribution in [0.5, 0.6) is 0 Å². The lowest BCUT2D eigenvalue weighted by atomic mass is 10.2. The van der Waals surface area contributed by atoms with E-state index in [0.717, 1.165) is 11.4 Å². The first kappa shape index (κ1) is 10.8. The Labute approximate surface area is 73.7 Å². The van der Waals surface area contributed by atoms with Gasteiger partial charge in [0.05, 0.1) is 0 Å². The Morgan fingerprint density at radius 2 is 2.08 bits per heavy atom. The molecule has 0 radical (unpaired) electrons. The van der Waals surface area contributed by atoms with E-state index in [9.17, 15) is 0 Å². The number of anilines is 1. The van der Waals surface area contributed by atoms with Crippen LogP contribution in [0.3, 0.4) is 0 Å². The van der Waals surface area contributed by atoms with E-state index >= 15 is 0 Å². The van der Waals surface area contributed by atoms with Crippen LogP contribution in [0.15, 0.2) is 12.3 Å². The quantitative estimate of drug-likeness (QED) is 0.582. The molecule has 0 fully saturated rings. The summed E-state index contributed by atoms with van der Waals surface area (Å²) in [5, 5.41) is 10.3. The number of hydrogen-bond acceptors (Lipinski definition) is 2. The maximum atomic E-state index is 7.34. The first-order chi connectivity index (χ1) is 5.75. The van der Waals surface area contributed by atoms with Crippen molar-refractivity contribution in [2.24, 2.45) is 0 Å². The summed E-state index contributed by atoms with van der Waals surface area (Å²) in [6.07, 6.45) is 1.82. The van der Waals surface area contributed by atoms with E-state index in [4.69, 9.17) is 5.41 Å². The Bertz CT molecular complexity index is 238. The van der Waals surface area contributed by atoms with Gasteiger partial charge in [-0.2, -0.15) is 0 Å². The van der Waals surface area contributed by atoms with Gasteiger partial charge >= 0.3 is 0 Å². The molecule has 0 spiro atoms. The number of rotatable bonds is 2. The first-order valence-corrected chi connectivity index (χ1v) is 4.16. The number of H-pyrrole nitrogens is 1. The van der Waals surface area contributed by atoms with Crippen LogP contribution < -0.4 is 5.32 Å². The van der Waals surface area contributed by atoms with Crippen molar-refractivity contribution in [3.05, 3.63) is 17.8 Å². The summed E-state index contributed by atoms with van der Waals surface area (Å²) >= 11 is 0. The molecule has 3 nitrogen and oxygen atoms in total. The van der Waals surface area contributed by atoms with E-state index in [1.165, 1.54) is 0 Å². The van der Waals surface area contributed by atoms with Crippen molar-refractivity contribution in [2.45, 2.75) is 20.8 Å². The lowest BCUT2D eigenvalue weighted by Crippen LogP contribution is -1.96. The number of nitrogens with one attached hydrogen (secondary N) is 3. The van der Waals surface area contributed by atoms with E-state index in [1.807, 2.05) is 33.2 Å². The summed E-state index contributed by atoms with van der Waals surface area (Å²) in [5.41, 5.74) is 1.51. The Morgan fingerprint density at radius 3 is 2.42 bits per heavy atom. The second kappa shape index (κ2) is 5.41. The van der Waals surface area contributed by atoms with Crippen LogP contribution in [-0.4, -0.2) is 17.7 Å². The van der Waals surface area contributed by atoms with Gasteiger partial charge in [0.1, 0.15) is 5.82 Å². The van der Waals surface area contributed by atoms with Crippen LogP contribution in [0.1, 0.15) is 26.3 Å². The van der Waals surface area contributed by atoms with Crippen LogP contribution in [0, 0.1) is 5.41 Å². The average Bonchev–Trinajstić information content (AvgIpc) is 2.55. The maximum absolute atomic E-state index is 7.34. The third-order valence-electron chi connectivity index (χ3n) is 1.40. The molecular formula is C9H17N3. The smallest absolute Gasteiger partial charge is 0.112 e. The van der Waals surface area contributed by atoms with Gasteiger partial charge in [-0.1, -0.05) is 13.8 Å². The zero-order chi connectivity index (χ0) is 9.56. The number of hydrogen-bond donors (Lipinski definition) is 3. The molecule has 3 N–H and O–H groups in total. The molecule has 0 aliphatic rings. The predicted molar refractivity (Wildman–Crippen MR) is 54.2 cm³/mol.